The van der Waals surface area contributed by atoms with Gasteiger partial charge >= 0.3 is 0 Å². The van der Waals surface area contributed by atoms with Gasteiger partial charge in [0.15, 0.2) is 5.78 Å². The minimum atomic E-state index is -0.913. The summed E-state index contributed by atoms with van der Waals surface area (Å²) in [7, 11) is 0. The second-order valence-electron chi connectivity index (χ2n) is 4.00. The number of ketones is 1. The number of aromatic nitrogens is 1. The van der Waals surface area contributed by atoms with Crippen molar-refractivity contribution < 1.29 is 4.79 Å². The fourth-order valence-electron chi connectivity index (χ4n) is 1.11. The standard InChI is InChI=1S/C10H15N3O/c1-6-4-7(9(11)13-5-6)8(14)10(2,3)12/h4-5H,12H2,1-3H3,(H2,11,13). The summed E-state index contributed by atoms with van der Waals surface area (Å²) in [5, 5.41) is 0. The molecule has 1 aromatic rings. The van der Waals surface area contributed by atoms with Gasteiger partial charge in [0.25, 0.3) is 0 Å². The molecule has 0 saturated carbocycles. The molecule has 0 saturated heterocycles. The molecule has 1 aromatic heterocycles. The molecule has 0 spiro atoms. The molecule has 0 aromatic carbocycles. The summed E-state index contributed by atoms with van der Waals surface area (Å²) >= 11 is 0. The van der Waals surface area contributed by atoms with Gasteiger partial charge in [-0.3, -0.25) is 4.79 Å². The Morgan fingerprint density at radius 1 is 1.50 bits per heavy atom. The molecule has 0 bridgehead atoms. The third kappa shape index (κ3) is 2.09. The van der Waals surface area contributed by atoms with Crippen molar-refractivity contribution in [3.8, 4) is 0 Å². The van der Waals surface area contributed by atoms with E-state index in [4.69, 9.17) is 11.5 Å². The Kier molecular flexibility index (Phi) is 2.57. The van der Waals surface area contributed by atoms with Crippen LogP contribution < -0.4 is 11.5 Å². The molecule has 0 radical (unpaired) electrons. The molecule has 4 heteroatoms. The van der Waals surface area contributed by atoms with Crippen molar-refractivity contribution >= 4 is 11.6 Å². The molecule has 4 N–H and O–H groups in total. The fourth-order valence-corrected chi connectivity index (χ4v) is 1.11. The monoisotopic (exact) mass is 193 g/mol. The summed E-state index contributed by atoms with van der Waals surface area (Å²) in [5.74, 6) is 0.0466. The van der Waals surface area contributed by atoms with Crippen LogP contribution in [-0.4, -0.2) is 16.3 Å². The SMILES string of the molecule is Cc1cnc(N)c(C(=O)C(C)(C)N)c1. The first-order valence-corrected chi connectivity index (χ1v) is 4.38. The molecule has 0 aliphatic rings. The molecule has 0 atom stereocenters. The van der Waals surface area contributed by atoms with Gasteiger partial charge in [-0.1, -0.05) is 0 Å². The minimum absolute atomic E-state index is 0.189. The Morgan fingerprint density at radius 3 is 2.57 bits per heavy atom. The Labute approximate surface area is 83.3 Å². The molecule has 0 aliphatic carbocycles. The molecule has 76 valence electrons. The molecular formula is C10H15N3O. The van der Waals surface area contributed by atoms with Crippen molar-refractivity contribution in [1.82, 2.24) is 4.98 Å². The minimum Gasteiger partial charge on any atom is -0.383 e. The van der Waals surface area contributed by atoms with E-state index in [1.165, 1.54) is 0 Å². The summed E-state index contributed by atoms with van der Waals surface area (Å²) in [6, 6.07) is 1.71. The van der Waals surface area contributed by atoms with Gasteiger partial charge in [0.05, 0.1) is 11.1 Å². The maximum absolute atomic E-state index is 11.8. The first-order chi connectivity index (χ1) is 6.32. The van der Waals surface area contributed by atoms with E-state index >= 15 is 0 Å². The number of nitrogens with two attached hydrogens (primary N) is 2. The second kappa shape index (κ2) is 3.38. The average Bonchev–Trinajstić information content (AvgIpc) is 2.06. The quantitative estimate of drug-likeness (QED) is 0.683. The number of carbonyl (C=O) groups excluding carboxylic acids is 1. The van der Waals surface area contributed by atoms with E-state index in [1.54, 1.807) is 26.1 Å². The topological polar surface area (TPSA) is 82.0 Å². The smallest absolute Gasteiger partial charge is 0.185 e. The predicted octanol–water partition coefficient (Wildman–Crippen LogP) is 0.892. The van der Waals surface area contributed by atoms with Crippen molar-refractivity contribution in [3.63, 3.8) is 0 Å². The van der Waals surface area contributed by atoms with Crippen LogP contribution in [0.1, 0.15) is 29.8 Å². The third-order valence-electron chi connectivity index (χ3n) is 1.89. The van der Waals surface area contributed by atoms with Crippen LogP contribution in [-0.2, 0) is 0 Å². The summed E-state index contributed by atoms with van der Waals surface area (Å²) in [5.41, 5.74) is 11.7. The zero-order valence-corrected chi connectivity index (χ0v) is 8.66. The number of anilines is 1. The molecule has 0 amide bonds. The van der Waals surface area contributed by atoms with Gasteiger partial charge < -0.3 is 11.5 Å². The van der Waals surface area contributed by atoms with Crippen LogP contribution in [0.2, 0.25) is 0 Å². The zero-order chi connectivity index (χ0) is 10.9. The average molecular weight is 193 g/mol. The van der Waals surface area contributed by atoms with Crippen LogP contribution in [0.4, 0.5) is 5.82 Å². The van der Waals surface area contributed by atoms with Gasteiger partial charge in [-0.2, -0.15) is 0 Å². The van der Waals surface area contributed by atoms with Crippen molar-refractivity contribution in [2.24, 2.45) is 5.73 Å². The molecule has 1 heterocycles. The Balaban J connectivity index is 3.19. The van der Waals surface area contributed by atoms with Gasteiger partial charge in [0, 0.05) is 6.20 Å². The van der Waals surface area contributed by atoms with Crippen molar-refractivity contribution in [2.45, 2.75) is 26.3 Å². The molecule has 1 rings (SSSR count). The van der Waals surface area contributed by atoms with Gasteiger partial charge in [-0.05, 0) is 32.4 Å². The van der Waals surface area contributed by atoms with E-state index in [-0.39, 0.29) is 11.6 Å². The third-order valence-corrected chi connectivity index (χ3v) is 1.89. The summed E-state index contributed by atoms with van der Waals surface area (Å²) in [6.07, 6.45) is 1.62. The lowest BCUT2D eigenvalue weighted by molar-refractivity contribution is 0.0914. The van der Waals surface area contributed by atoms with Crippen LogP contribution in [0.3, 0.4) is 0 Å². The van der Waals surface area contributed by atoms with Gasteiger partial charge in [-0.15, -0.1) is 0 Å². The van der Waals surface area contributed by atoms with Crippen LogP contribution in [0.25, 0.3) is 0 Å². The molecule has 4 nitrogen and oxygen atoms in total. The number of aryl methyl sites for hydroxylation is 1. The van der Waals surface area contributed by atoms with E-state index in [0.717, 1.165) is 5.56 Å². The lowest BCUT2D eigenvalue weighted by atomic mass is 9.94. The molecule has 0 fully saturated rings. The van der Waals surface area contributed by atoms with Crippen molar-refractivity contribution in [1.29, 1.82) is 0 Å². The zero-order valence-electron chi connectivity index (χ0n) is 8.66. The second-order valence-corrected chi connectivity index (χ2v) is 4.00. The highest BCUT2D eigenvalue weighted by molar-refractivity contribution is 6.05. The lowest BCUT2D eigenvalue weighted by Gasteiger charge is -2.17. The highest BCUT2D eigenvalue weighted by atomic mass is 16.1. The van der Waals surface area contributed by atoms with Crippen molar-refractivity contribution in [3.05, 3.63) is 23.4 Å². The van der Waals surface area contributed by atoms with Gasteiger partial charge in [0.1, 0.15) is 5.82 Å². The van der Waals surface area contributed by atoms with Crippen LogP contribution in [0, 0.1) is 6.92 Å². The largest absolute Gasteiger partial charge is 0.383 e. The van der Waals surface area contributed by atoms with Crippen molar-refractivity contribution in [2.75, 3.05) is 5.73 Å². The molecule has 0 aliphatic heterocycles. The number of nitrogen functional groups attached to an aromatic ring is 1. The Hall–Kier alpha value is -1.42. The highest BCUT2D eigenvalue weighted by Gasteiger charge is 2.25. The summed E-state index contributed by atoms with van der Waals surface area (Å²) in [4.78, 5) is 15.7. The molecule has 14 heavy (non-hydrogen) atoms. The van der Waals surface area contributed by atoms with Crippen LogP contribution >= 0.6 is 0 Å². The Bertz CT molecular complexity index is 366. The number of Topliss-reactive ketones (excluding diaryl/α,β-unsaturated/α-hetero) is 1. The first-order valence-electron chi connectivity index (χ1n) is 4.38. The first kappa shape index (κ1) is 10.7. The van der Waals surface area contributed by atoms with Crippen LogP contribution in [0.15, 0.2) is 12.3 Å². The van der Waals surface area contributed by atoms with E-state index in [9.17, 15) is 4.79 Å². The van der Waals surface area contributed by atoms with Gasteiger partial charge in [-0.25, -0.2) is 4.98 Å². The van der Waals surface area contributed by atoms with E-state index in [0.29, 0.717) is 5.56 Å². The normalized spacial score (nSPS) is 11.4. The van der Waals surface area contributed by atoms with Gasteiger partial charge in [0.2, 0.25) is 0 Å². The Morgan fingerprint density at radius 2 is 2.07 bits per heavy atom. The predicted molar refractivity (Wildman–Crippen MR) is 56.0 cm³/mol. The lowest BCUT2D eigenvalue weighted by Crippen LogP contribution is -2.41. The number of hydrogen-bond donors (Lipinski definition) is 2. The molecular weight excluding hydrogens is 178 g/mol. The number of hydrogen-bond acceptors (Lipinski definition) is 4. The fraction of sp³-hybridized carbons (Fsp3) is 0.400. The van der Waals surface area contributed by atoms with Crippen LogP contribution in [0.5, 0.6) is 0 Å². The highest BCUT2D eigenvalue weighted by Crippen LogP contribution is 2.16. The number of nitrogens with zero attached hydrogens (tertiary/aromatic N) is 1. The molecule has 0 unspecified atom stereocenters. The summed E-state index contributed by atoms with van der Waals surface area (Å²) < 4.78 is 0. The van der Waals surface area contributed by atoms with E-state index < -0.39 is 5.54 Å². The summed E-state index contributed by atoms with van der Waals surface area (Å²) in [6.45, 7) is 5.15. The van der Waals surface area contributed by atoms with E-state index in [2.05, 4.69) is 4.98 Å². The number of rotatable bonds is 2. The number of pyridine rings is 1. The van der Waals surface area contributed by atoms with E-state index in [1.807, 2.05) is 6.92 Å². The maximum atomic E-state index is 11.8. The maximum Gasteiger partial charge on any atom is 0.185 e. The number of carbonyl (C=O) groups is 1.